The van der Waals surface area contributed by atoms with Crippen molar-refractivity contribution in [3.63, 3.8) is 0 Å². The fraction of sp³-hybridized carbons (Fsp3) is 0.571. The summed E-state index contributed by atoms with van der Waals surface area (Å²) in [4.78, 5) is 0. The first-order chi connectivity index (χ1) is 8.45. The van der Waals surface area contributed by atoms with Gasteiger partial charge in [-0.2, -0.15) is 0 Å². The SMILES string of the molecule is c1ccc(NCCNCCOCC2CC2)cc1. The van der Waals surface area contributed by atoms with E-state index in [1.54, 1.807) is 0 Å². The van der Waals surface area contributed by atoms with Crippen molar-refractivity contribution in [1.82, 2.24) is 5.32 Å². The summed E-state index contributed by atoms with van der Waals surface area (Å²) in [6.45, 7) is 4.67. The highest BCUT2D eigenvalue weighted by Gasteiger charge is 2.20. The van der Waals surface area contributed by atoms with Gasteiger partial charge in [0.2, 0.25) is 0 Å². The smallest absolute Gasteiger partial charge is 0.0591 e. The first-order valence-electron chi connectivity index (χ1n) is 6.52. The highest BCUT2D eigenvalue weighted by Crippen LogP contribution is 2.28. The molecule has 1 aromatic carbocycles. The van der Waals surface area contributed by atoms with Gasteiger partial charge >= 0.3 is 0 Å². The highest BCUT2D eigenvalue weighted by atomic mass is 16.5. The Labute approximate surface area is 104 Å². The number of benzene rings is 1. The van der Waals surface area contributed by atoms with Crippen LogP contribution in [0.3, 0.4) is 0 Å². The molecule has 0 spiro atoms. The number of anilines is 1. The van der Waals surface area contributed by atoms with E-state index in [1.165, 1.54) is 18.5 Å². The van der Waals surface area contributed by atoms with Crippen LogP contribution in [0.4, 0.5) is 5.69 Å². The van der Waals surface area contributed by atoms with Gasteiger partial charge in [0.1, 0.15) is 0 Å². The molecule has 3 nitrogen and oxygen atoms in total. The quantitative estimate of drug-likeness (QED) is 0.642. The van der Waals surface area contributed by atoms with Crippen molar-refractivity contribution >= 4 is 5.69 Å². The molecule has 1 saturated carbocycles. The predicted molar refractivity (Wildman–Crippen MR) is 71.3 cm³/mol. The Morgan fingerprint density at radius 1 is 1.06 bits per heavy atom. The molecule has 0 unspecified atom stereocenters. The van der Waals surface area contributed by atoms with E-state index in [0.717, 1.165) is 38.8 Å². The van der Waals surface area contributed by atoms with Crippen LogP contribution >= 0.6 is 0 Å². The Bertz CT molecular complexity index is 298. The first-order valence-corrected chi connectivity index (χ1v) is 6.52. The molecule has 2 N–H and O–H groups in total. The number of para-hydroxylation sites is 1. The molecule has 0 heterocycles. The number of hydrogen-bond donors (Lipinski definition) is 2. The number of ether oxygens (including phenoxy) is 1. The van der Waals surface area contributed by atoms with E-state index in [0.29, 0.717) is 0 Å². The normalized spacial score (nSPS) is 14.8. The van der Waals surface area contributed by atoms with E-state index in [4.69, 9.17) is 4.74 Å². The molecule has 0 amide bonds. The van der Waals surface area contributed by atoms with Gasteiger partial charge in [-0.05, 0) is 30.9 Å². The van der Waals surface area contributed by atoms with Crippen LogP contribution in [0, 0.1) is 5.92 Å². The van der Waals surface area contributed by atoms with E-state index in [1.807, 2.05) is 18.2 Å². The summed E-state index contributed by atoms with van der Waals surface area (Å²) in [6.07, 6.45) is 2.74. The van der Waals surface area contributed by atoms with Crippen LogP contribution in [0.2, 0.25) is 0 Å². The molecular formula is C14H22N2O. The van der Waals surface area contributed by atoms with Gasteiger partial charge in [-0.25, -0.2) is 0 Å². The number of rotatable bonds is 9. The van der Waals surface area contributed by atoms with Gasteiger partial charge in [0.15, 0.2) is 0 Å². The molecule has 1 aliphatic rings. The molecule has 1 fully saturated rings. The Morgan fingerprint density at radius 3 is 2.65 bits per heavy atom. The Hall–Kier alpha value is -1.06. The zero-order valence-corrected chi connectivity index (χ0v) is 10.3. The Kier molecular flexibility index (Phi) is 5.33. The van der Waals surface area contributed by atoms with E-state index >= 15 is 0 Å². The molecule has 2 rings (SSSR count). The lowest BCUT2D eigenvalue weighted by Gasteiger charge is -2.08. The minimum Gasteiger partial charge on any atom is -0.384 e. The van der Waals surface area contributed by atoms with Gasteiger partial charge in [-0.1, -0.05) is 18.2 Å². The lowest BCUT2D eigenvalue weighted by molar-refractivity contribution is 0.126. The minimum atomic E-state index is 0.835. The largest absolute Gasteiger partial charge is 0.384 e. The van der Waals surface area contributed by atoms with E-state index in [2.05, 4.69) is 22.8 Å². The van der Waals surface area contributed by atoms with Crippen molar-refractivity contribution < 1.29 is 4.74 Å². The molecule has 0 saturated heterocycles. The Balaban J connectivity index is 1.38. The van der Waals surface area contributed by atoms with Crippen LogP contribution in [-0.2, 0) is 4.74 Å². The second kappa shape index (κ2) is 7.30. The molecule has 0 aliphatic heterocycles. The molecule has 0 aromatic heterocycles. The topological polar surface area (TPSA) is 33.3 Å². The van der Waals surface area contributed by atoms with Crippen LogP contribution in [0.1, 0.15) is 12.8 Å². The number of hydrogen-bond acceptors (Lipinski definition) is 3. The number of nitrogens with one attached hydrogen (secondary N) is 2. The zero-order valence-electron chi connectivity index (χ0n) is 10.3. The maximum atomic E-state index is 5.54. The fourth-order valence-corrected chi connectivity index (χ4v) is 1.66. The predicted octanol–water partition coefficient (Wildman–Crippen LogP) is 2.11. The van der Waals surface area contributed by atoms with E-state index < -0.39 is 0 Å². The molecule has 0 radical (unpaired) electrons. The second-order valence-corrected chi connectivity index (χ2v) is 4.56. The van der Waals surface area contributed by atoms with E-state index in [9.17, 15) is 0 Å². The van der Waals surface area contributed by atoms with E-state index in [-0.39, 0.29) is 0 Å². The first kappa shape index (κ1) is 12.4. The van der Waals surface area contributed by atoms with Crippen LogP contribution in [0.25, 0.3) is 0 Å². The van der Waals surface area contributed by atoms with Crippen molar-refractivity contribution in [2.24, 2.45) is 5.92 Å². The summed E-state index contributed by atoms with van der Waals surface area (Å²) >= 11 is 0. The van der Waals surface area contributed by atoms with Gasteiger partial charge in [0.25, 0.3) is 0 Å². The maximum absolute atomic E-state index is 5.54. The van der Waals surface area contributed by atoms with Crippen LogP contribution in [0.5, 0.6) is 0 Å². The third kappa shape index (κ3) is 5.71. The van der Waals surface area contributed by atoms with Gasteiger partial charge in [0.05, 0.1) is 6.61 Å². The summed E-state index contributed by atoms with van der Waals surface area (Å²) in [7, 11) is 0. The molecule has 0 atom stereocenters. The molecule has 0 bridgehead atoms. The second-order valence-electron chi connectivity index (χ2n) is 4.56. The third-order valence-electron chi connectivity index (χ3n) is 2.88. The molecular weight excluding hydrogens is 212 g/mol. The van der Waals surface area contributed by atoms with Crippen molar-refractivity contribution in [2.45, 2.75) is 12.8 Å². The summed E-state index contributed by atoms with van der Waals surface area (Å²) in [5.74, 6) is 0.870. The van der Waals surface area contributed by atoms with Crippen LogP contribution in [0.15, 0.2) is 30.3 Å². The Morgan fingerprint density at radius 2 is 1.88 bits per heavy atom. The van der Waals surface area contributed by atoms with Crippen molar-refractivity contribution in [2.75, 3.05) is 38.2 Å². The van der Waals surface area contributed by atoms with Crippen LogP contribution < -0.4 is 10.6 Å². The summed E-state index contributed by atoms with van der Waals surface area (Å²) < 4.78 is 5.54. The van der Waals surface area contributed by atoms with Gasteiger partial charge in [-0.3, -0.25) is 0 Å². The maximum Gasteiger partial charge on any atom is 0.0591 e. The van der Waals surface area contributed by atoms with Crippen molar-refractivity contribution in [1.29, 1.82) is 0 Å². The standard InChI is InChI=1S/C14H22N2O/c1-2-4-14(5-3-1)16-9-8-15-10-11-17-12-13-6-7-13/h1-5,13,15-16H,6-12H2. The summed E-state index contributed by atoms with van der Waals surface area (Å²) in [5.41, 5.74) is 1.18. The minimum absolute atomic E-state index is 0.835. The average molecular weight is 234 g/mol. The fourth-order valence-electron chi connectivity index (χ4n) is 1.66. The van der Waals surface area contributed by atoms with Crippen molar-refractivity contribution in [3.8, 4) is 0 Å². The van der Waals surface area contributed by atoms with Crippen molar-refractivity contribution in [3.05, 3.63) is 30.3 Å². The monoisotopic (exact) mass is 234 g/mol. The molecule has 1 aromatic rings. The van der Waals surface area contributed by atoms with Gasteiger partial charge < -0.3 is 15.4 Å². The van der Waals surface area contributed by atoms with Crippen LogP contribution in [-0.4, -0.2) is 32.8 Å². The lowest BCUT2D eigenvalue weighted by Crippen LogP contribution is -2.26. The average Bonchev–Trinajstić information content (AvgIpc) is 3.18. The summed E-state index contributed by atoms with van der Waals surface area (Å²) in [5, 5.41) is 6.72. The third-order valence-corrected chi connectivity index (χ3v) is 2.88. The highest BCUT2D eigenvalue weighted by molar-refractivity contribution is 5.42. The molecule has 17 heavy (non-hydrogen) atoms. The molecule has 1 aliphatic carbocycles. The lowest BCUT2D eigenvalue weighted by atomic mass is 10.3. The zero-order chi connectivity index (χ0) is 11.8. The molecule has 3 heteroatoms. The molecule has 94 valence electrons. The van der Waals surface area contributed by atoms with Gasteiger partial charge in [0, 0.05) is 31.9 Å². The summed E-state index contributed by atoms with van der Waals surface area (Å²) in [6, 6.07) is 10.3. The van der Waals surface area contributed by atoms with Gasteiger partial charge in [-0.15, -0.1) is 0 Å².